The SMILES string of the molecule is c1cc(-c2cccc3ccccc23)cc(N(c2ccc3c(c2)oc2ccccc23)c2cccc3c2oc2ccccc23)c1. The van der Waals surface area contributed by atoms with Gasteiger partial charge < -0.3 is 13.7 Å². The first-order valence-electron chi connectivity index (χ1n) is 14.5. The molecule has 43 heavy (non-hydrogen) atoms. The highest BCUT2D eigenvalue weighted by atomic mass is 16.3. The summed E-state index contributed by atoms with van der Waals surface area (Å²) >= 11 is 0. The molecule has 0 atom stereocenters. The predicted molar refractivity (Wildman–Crippen MR) is 179 cm³/mol. The largest absolute Gasteiger partial charge is 0.456 e. The Kier molecular flexibility index (Phi) is 5.20. The minimum Gasteiger partial charge on any atom is -0.456 e. The molecular formula is C40H25NO2. The first-order valence-corrected chi connectivity index (χ1v) is 14.5. The van der Waals surface area contributed by atoms with Gasteiger partial charge in [-0.25, -0.2) is 0 Å². The monoisotopic (exact) mass is 551 g/mol. The van der Waals surface area contributed by atoms with Gasteiger partial charge in [0.1, 0.15) is 16.7 Å². The molecule has 0 aliphatic carbocycles. The van der Waals surface area contributed by atoms with Crippen molar-refractivity contribution in [2.45, 2.75) is 0 Å². The number of fused-ring (bicyclic) bond motifs is 7. The third kappa shape index (κ3) is 3.75. The van der Waals surface area contributed by atoms with Crippen molar-refractivity contribution in [2.24, 2.45) is 0 Å². The highest BCUT2D eigenvalue weighted by Crippen LogP contribution is 2.44. The van der Waals surface area contributed by atoms with Crippen molar-refractivity contribution in [2.75, 3.05) is 4.90 Å². The van der Waals surface area contributed by atoms with Gasteiger partial charge in [-0.05, 0) is 64.4 Å². The van der Waals surface area contributed by atoms with E-state index in [2.05, 4.69) is 132 Å². The molecule has 0 N–H and O–H groups in total. The van der Waals surface area contributed by atoms with Crippen LogP contribution in [0.2, 0.25) is 0 Å². The van der Waals surface area contributed by atoms with E-state index in [-0.39, 0.29) is 0 Å². The van der Waals surface area contributed by atoms with E-state index in [1.54, 1.807) is 0 Å². The van der Waals surface area contributed by atoms with Crippen molar-refractivity contribution in [1.82, 2.24) is 0 Å². The van der Waals surface area contributed by atoms with Gasteiger partial charge in [-0.2, -0.15) is 0 Å². The molecule has 9 aromatic rings. The minimum absolute atomic E-state index is 0.851. The first kappa shape index (κ1) is 23.9. The smallest absolute Gasteiger partial charge is 0.159 e. The second kappa shape index (κ2) is 9.37. The van der Waals surface area contributed by atoms with Gasteiger partial charge in [0.25, 0.3) is 0 Å². The van der Waals surface area contributed by atoms with Gasteiger partial charge in [-0.15, -0.1) is 0 Å². The highest BCUT2D eigenvalue weighted by Gasteiger charge is 2.21. The average molecular weight is 552 g/mol. The number of benzene rings is 7. The molecule has 0 bridgehead atoms. The van der Waals surface area contributed by atoms with Crippen molar-refractivity contribution < 1.29 is 8.83 Å². The van der Waals surface area contributed by atoms with E-state index in [0.29, 0.717) is 0 Å². The fourth-order valence-electron chi connectivity index (χ4n) is 6.48. The molecule has 202 valence electrons. The van der Waals surface area contributed by atoms with Crippen molar-refractivity contribution in [1.29, 1.82) is 0 Å². The van der Waals surface area contributed by atoms with Crippen molar-refractivity contribution in [3.8, 4) is 11.1 Å². The summed E-state index contributed by atoms with van der Waals surface area (Å²) in [5, 5.41) is 6.88. The van der Waals surface area contributed by atoms with Crippen LogP contribution in [0.1, 0.15) is 0 Å². The molecular weight excluding hydrogens is 526 g/mol. The van der Waals surface area contributed by atoms with E-state index < -0.39 is 0 Å². The van der Waals surface area contributed by atoms with Crippen molar-refractivity contribution in [3.63, 3.8) is 0 Å². The summed E-state index contributed by atoms with van der Waals surface area (Å²) < 4.78 is 12.9. The van der Waals surface area contributed by atoms with Gasteiger partial charge in [-0.3, -0.25) is 0 Å². The van der Waals surface area contributed by atoms with Crippen LogP contribution in [0.3, 0.4) is 0 Å². The van der Waals surface area contributed by atoms with E-state index in [1.165, 1.54) is 16.3 Å². The maximum absolute atomic E-state index is 6.55. The number of hydrogen-bond acceptors (Lipinski definition) is 3. The van der Waals surface area contributed by atoms with Gasteiger partial charge in [-0.1, -0.05) is 103 Å². The van der Waals surface area contributed by atoms with Crippen LogP contribution >= 0.6 is 0 Å². The summed E-state index contributed by atoms with van der Waals surface area (Å²) in [6.07, 6.45) is 0. The Morgan fingerprint density at radius 1 is 0.395 bits per heavy atom. The normalized spacial score (nSPS) is 11.7. The molecule has 7 aromatic carbocycles. The predicted octanol–water partition coefficient (Wildman–Crippen LogP) is 11.8. The van der Waals surface area contributed by atoms with Crippen LogP contribution in [-0.4, -0.2) is 0 Å². The number of nitrogens with zero attached hydrogens (tertiary/aromatic N) is 1. The van der Waals surface area contributed by atoms with E-state index in [4.69, 9.17) is 8.83 Å². The fraction of sp³-hybridized carbons (Fsp3) is 0. The van der Waals surface area contributed by atoms with Crippen LogP contribution in [0.25, 0.3) is 65.8 Å². The second-order valence-corrected chi connectivity index (χ2v) is 10.9. The van der Waals surface area contributed by atoms with Crippen LogP contribution in [0.4, 0.5) is 17.1 Å². The Morgan fingerprint density at radius 2 is 1.02 bits per heavy atom. The van der Waals surface area contributed by atoms with Crippen LogP contribution in [0.5, 0.6) is 0 Å². The Labute approximate surface area is 247 Å². The number of rotatable bonds is 4. The molecule has 0 unspecified atom stereocenters. The van der Waals surface area contributed by atoms with Crippen LogP contribution in [0, 0.1) is 0 Å². The summed E-state index contributed by atoms with van der Waals surface area (Å²) in [7, 11) is 0. The summed E-state index contributed by atoms with van der Waals surface area (Å²) in [4.78, 5) is 2.28. The molecule has 0 saturated heterocycles. The third-order valence-electron chi connectivity index (χ3n) is 8.45. The number of hydrogen-bond donors (Lipinski definition) is 0. The molecule has 3 heteroatoms. The molecule has 0 aliphatic heterocycles. The number of anilines is 3. The molecule has 2 heterocycles. The molecule has 9 rings (SSSR count). The lowest BCUT2D eigenvalue weighted by Gasteiger charge is -2.26. The first-order chi connectivity index (χ1) is 21.3. The molecule has 3 nitrogen and oxygen atoms in total. The molecule has 0 amide bonds. The van der Waals surface area contributed by atoms with Gasteiger partial charge in [0.15, 0.2) is 5.58 Å². The Hall–Kier alpha value is -5.80. The Bertz CT molecular complexity index is 2480. The second-order valence-electron chi connectivity index (χ2n) is 10.9. The zero-order valence-corrected chi connectivity index (χ0v) is 23.2. The Morgan fingerprint density at radius 3 is 1.91 bits per heavy atom. The van der Waals surface area contributed by atoms with E-state index in [1.807, 2.05) is 24.3 Å². The zero-order valence-electron chi connectivity index (χ0n) is 23.2. The van der Waals surface area contributed by atoms with Gasteiger partial charge in [0.05, 0.1) is 11.4 Å². The van der Waals surface area contributed by atoms with Gasteiger partial charge in [0.2, 0.25) is 0 Å². The molecule has 0 saturated carbocycles. The summed E-state index contributed by atoms with van der Waals surface area (Å²) in [5.41, 5.74) is 8.83. The summed E-state index contributed by atoms with van der Waals surface area (Å²) in [6.45, 7) is 0. The van der Waals surface area contributed by atoms with E-state index in [0.717, 1.165) is 66.5 Å². The van der Waals surface area contributed by atoms with Gasteiger partial charge in [0, 0.05) is 33.3 Å². The molecule has 0 spiro atoms. The van der Waals surface area contributed by atoms with Crippen LogP contribution in [0.15, 0.2) is 160 Å². The Balaban J connectivity index is 1.30. The third-order valence-corrected chi connectivity index (χ3v) is 8.45. The minimum atomic E-state index is 0.851. The quantitative estimate of drug-likeness (QED) is 0.218. The lowest BCUT2D eigenvalue weighted by Crippen LogP contribution is -2.10. The van der Waals surface area contributed by atoms with E-state index >= 15 is 0 Å². The van der Waals surface area contributed by atoms with E-state index in [9.17, 15) is 0 Å². The van der Waals surface area contributed by atoms with Gasteiger partial charge >= 0.3 is 0 Å². The topological polar surface area (TPSA) is 29.5 Å². The maximum Gasteiger partial charge on any atom is 0.159 e. The fourth-order valence-corrected chi connectivity index (χ4v) is 6.48. The highest BCUT2D eigenvalue weighted by molar-refractivity contribution is 6.11. The van der Waals surface area contributed by atoms with Crippen LogP contribution in [-0.2, 0) is 0 Å². The average Bonchev–Trinajstić information content (AvgIpc) is 3.63. The molecule has 0 aliphatic rings. The lowest BCUT2D eigenvalue weighted by atomic mass is 9.97. The summed E-state index contributed by atoms with van der Waals surface area (Å²) in [6, 6.07) is 53.1. The molecule has 2 aromatic heterocycles. The lowest BCUT2D eigenvalue weighted by molar-refractivity contribution is 0.667. The molecule has 0 radical (unpaired) electrons. The zero-order chi connectivity index (χ0) is 28.3. The standard InChI is InChI=1S/C40H25NO2/c1-2-14-30-26(10-1)11-8-17-31(30)27-12-7-13-28(24-27)41(29-22-23-34-32-15-3-5-20-37(32)42-39(34)25-29)36-19-9-18-35-33-16-4-6-21-38(33)43-40(35)36/h1-25H. The maximum atomic E-state index is 6.55. The molecule has 0 fully saturated rings. The van der Waals surface area contributed by atoms with Crippen molar-refractivity contribution >= 4 is 71.7 Å². The van der Waals surface area contributed by atoms with Crippen LogP contribution < -0.4 is 4.90 Å². The number of furan rings is 2. The van der Waals surface area contributed by atoms with Crippen molar-refractivity contribution in [3.05, 3.63) is 152 Å². The summed E-state index contributed by atoms with van der Waals surface area (Å²) in [5.74, 6) is 0. The number of para-hydroxylation sites is 3.